The zero-order valence-electron chi connectivity index (χ0n) is 11.0. The molecule has 0 atom stereocenters. The second kappa shape index (κ2) is 7.20. The molecule has 6 heteroatoms. The fourth-order valence-corrected chi connectivity index (χ4v) is 1.63. The molecule has 106 valence electrons. The Balaban J connectivity index is 2.92. The summed E-state index contributed by atoms with van der Waals surface area (Å²) in [5, 5.41) is 8.87. The average Bonchev–Trinajstić information content (AvgIpc) is 2.43. The first-order valence-electron chi connectivity index (χ1n) is 6.05. The predicted octanol–water partition coefficient (Wildman–Crippen LogP) is 0.508. The van der Waals surface area contributed by atoms with Gasteiger partial charge in [0.15, 0.2) is 5.79 Å². The van der Waals surface area contributed by atoms with Crippen molar-refractivity contribution in [1.82, 2.24) is 0 Å². The van der Waals surface area contributed by atoms with Crippen LogP contribution in [0.15, 0.2) is 24.3 Å². The van der Waals surface area contributed by atoms with Crippen LogP contribution >= 0.6 is 0 Å². The van der Waals surface area contributed by atoms with Crippen LogP contribution in [-0.4, -0.2) is 37.4 Å². The van der Waals surface area contributed by atoms with Crippen molar-refractivity contribution in [2.75, 3.05) is 26.3 Å². The Kier molecular flexibility index (Phi) is 5.91. The van der Waals surface area contributed by atoms with Gasteiger partial charge in [0.05, 0.1) is 18.8 Å². The van der Waals surface area contributed by atoms with Crippen LogP contribution in [0.4, 0.5) is 0 Å². The average molecular weight is 268 g/mol. The Morgan fingerprint density at radius 3 is 2.00 bits per heavy atom. The molecular weight excluding hydrogens is 248 g/mol. The maximum absolute atomic E-state index is 10.8. The molecule has 0 saturated heterocycles. The van der Waals surface area contributed by atoms with Crippen LogP contribution in [0.2, 0.25) is 0 Å². The molecule has 0 heterocycles. The van der Waals surface area contributed by atoms with Crippen molar-refractivity contribution >= 4 is 5.97 Å². The minimum absolute atomic E-state index is 0.212. The van der Waals surface area contributed by atoms with E-state index in [4.69, 9.17) is 26.0 Å². The van der Waals surface area contributed by atoms with Crippen LogP contribution in [0.25, 0.3) is 0 Å². The van der Waals surface area contributed by atoms with E-state index in [0.717, 1.165) is 5.56 Å². The minimum atomic E-state index is -0.976. The number of rotatable bonds is 8. The molecule has 0 aliphatic carbocycles. The summed E-state index contributed by atoms with van der Waals surface area (Å²) < 4.78 is 11.2. The summed E-state index contributed by atoms with van der Waals surface area (Å²) in [7, 11) is 0. The lowest BCUT2D eigenvalue weighted by Crippen LogP contribution is -2.33. The molecule has 0 aliphatic rings. The summed E-state index contributed by atoms with van der Waals surface area (Å²) >= 11 is 0. The zero-order chi connectivity index (χ0) is 14.3. The quantitative estimate of drug-likeness (QED) is 0.593. The lowest BCUT2D eigenvalue weighted by atomic mass is 10.0. The van der Waals surface area contributed by atoms with Gasteiger partial charge in [0, 0.05) is 18.7 Å². The molecule has 19 heavy (non-hydrogen) atoms. The van der Waals surface area contributed by atoms with Crippen molar-refractivity contribution in [3.63, 3.8) is 0 Å². The monoisotopic (exact) mass is 268 g/mol. The Morgan fingerprint density at radius 2 is 1.63 bits per heavy atom. The third kappa shape index (κ3) is 4.29. The lowest BCUT2D eigenvalue weighted by Gasteiger charge is -2.30. The molecule has 1 rings (SSSR count). The van der Waals surface area contributed by atoms with Gasteiger partial charge in [-0.15, -0.1) is 0 Å². The van der Waals surface area contributed by atoms with Crippen LogP contribution in [-0.2, 0) is 15.3 Å². The van der Waals surface area contributed by atoms with E-state index in [0.29, 0.717) is 26.3 Å². The first-order valence-corrected chi connectivity index (χ1v) is 6.05. The van der Waals surface area contributed by atoms with Gasteiger partial charge in [-0.05, 0) is 19.1 Å². The fourth-order valence-electron chi connectivity index (χ4n) is 1.63. The summed E-state index contributed by atoms with van der Waals surface area (Å²) in [4.78, 5) is 10.8. The number of carbonyl (C=O) groups is 1. The molecule has 0 aliphatic heterocycles. The highest BCUT2D eigenvalue weighted by molar-refractivity contribution is 5.87. The van der Waals surface area contributed by atoms with E-state index in [-0.39, 0.29) is 5.56 Å². The maximum atomic E-state index is 10.8. The third-order valence-corrected chi connectivity index (χ3v) is 2.65. The number of nitrogens with two attached hydrogens (primary N) is 2. The molecule has 0 fully saturated rings. The standard InChI is InChI=1S/C13H20N2O4/c1-13(18-8-6-14,19-9-7-15)11-4-2-10(3-5-11)12(16)17/h2-5H,6-9,14-15H2,1H3,(H,16,17). The van der Waals surface area contributed by atoms with Crippen molar-refractivity contribution in [2.45, 2.75) is 12.7 Å². The van der Waals surface area contributed by atoms with Crippen LogP contribution in [0, 0.1) is 0 Å². The smallest absolute Gasteiger partial charge is 0.335 e. The summed E-state index contributed by atoms with van der Waals surface area (Å²) in [5.74, 6) is -1.95. The molecule has 6 nitrogen and oxygen atoms in total. The number of aromatic carboxylic acids is 1. The summed E-state index contributed by atoms with van der Waals surface area (Å²) in [6, 6.07) is 6.34. The lowest BCUT2D eigenvalue weighted by molar-refractivity contribution is -0.231. The number of hydrogen-bond donors (Lipinski definition) is 3. The van der Waals surface area contributed by atoms with E-state index in [2.05, 4.69) is 0 Å². The first kappa shape index (κ1) is 15.6. The van der Waals surface area contributed by atoms with Crippen molar-refractivity contribution in [3.05, 3.63) is 35.4 Å². The molecule has 5 N–H and O–H groups in total. The van der Waals surface area contributed by atoms with E-state index in [9.17, 15) is 4.79 Å². The van der Waals surface area contributed by atoms with Gasteiger partial charge in [-0.3, -0.25) is 0 Å². The van der Waals surface area contributed by atoms with E-state index in [1.54, 1.807) is 19.1 Å². The molecule has 0 amide bonds. The number of benzene rings is 1. The van der Waals surface area contributed by atoms with Crippen LogP contribution in [0.3, 0.4) is 0 Å². The van der Waals surface area contributed by atoms with Gasteiger partial charge in [-0.1, -0.05) is 12.1 Å². The minimum Gasteiger partial charge on any atom is -0.478 e. The first-order chi connectivity index (χ1) is 9.03. The van der Waals surface area contributed by atoms with Crippen LogP contribution in [0.1, 0.15) is 22.8 Å². The Labute approximate surface area is 112 Å². The predicted molar refractivity (Wildman–Crippen MR) is 70.8 cm³/mol. The highest BCUT2D eigenvalue weighted by Crippen LogP contribution is 2.27. The van der Waals surface area contributed by atoms with Gasteiger partial charge >= 0.3 is 5.97 Å². The normalized spacial score (nSPS) is 11.5. The second-order valence-corrected chi connectivity index (χ2v) is 4.10. The summed E-state index contributed by atoms with van der Waals surface area (Å²) in [5.41, 5.74) is 11.8. The molecule has 0 radical (unpaired) electrons. The number of ether oxygens (including phenoxy) is 2. The number of carboxylic acid groups (broad SMARTS) is 1. The third-order valence-electron chi connectivity index (χ3n) is 2.65. The molecule has 0 saturated carbocycles. The summed E-state index contributed by atoms with van der Waals surface area (Å²) in [6.07, 6.45) is 0. The van der Waals surface area contributed by atoms with Gasteiger partial charge in [-0.25, -0.2) is 4.79 Å². The molecule has 0 unspecified atom stereocenters. The molecule has 1 aromatic rings. The topological polar surface area (TPSA) is 108 Å². The van der Waals surface area contributed by atoms with Crippen LogP contribution in [0.5, 0.6) is 0 Å². The highest BCUT2D eigenvalue weighted by Gasteiger charge is 2.28. The molecule has 1 aromatic carbocycles. The zero-order valence-corrected chi connectivity index (χ0v) is 11.0. The molecule has 0 spiro atoms. The summed E-state index contributed by atoms with van der Waals surface area (Å²) in [6.45, 7) is 3.17. The number of hydrogen-bond acceptors (Lipinski definition) is 5. The Bertz CT molecular complexity index is 398. The van der Waals surface area contributed by atoms with Crippen LogP contribution < -0.4 is 11.5 Å². The second-order valence-electron chi connectivity index (χ2n) is 4.10. The molecule has 0 bridgehead atoms. The fraction of sp³-hybridized carbons (Fsp3) is 0.462. The van der Waals surface area contributed by atoms with Crippen molar-refractivity contribution in [2.24, 2.45) is 11.5 Å². The maximum Gasteiger partial charge on any atom is 0.335 e. The van der Waals surface area contributed by atoms with Gasteiger partial charge in [-0.2, -0.15) is 0 Å². The molecular formula is C13H20N2O4. The largest absolute Gasteiger partial charge is 0.478 e. The van der Waals surface area contributed by atoms with Gasteiger partial charge in [0.1, 0.15) is 0 Å². The van der Waals surface area contributed by atoms with Crippen molar-refractivity contribution in [3.8, 4) is 0 Å². The van der Waals surface area contributed by atoms with E-state index >= 15 is 0 Å². The van der Waals surface area contributed by atoms with E-state index in [1.165, 1.54) is 12.1 Å². The van der Waals surface area contributed by atoms with E-state index < -0.39 is 11.8 Å². The Hall–Kier alpha value is -1.47. The van der Waals surface area contributed by atoms with Crippen molar-refractivity contribution in [1.29, 1.82) is 0 Å². The van der Waals surface area contributed by atoms with E-state index in [1.807, 2.05) is 0 Å². The Morgan fingerprint density at radius 1 is 1.16 bits per heavy atom. The van der Waals surface area contributed by atoms with Crippen molar-refractivity contribution < 1.29 is 19.4 Å². The molecule has 0 aromatic heterocycles. The van der Waals surface area contributed by atoms with Gasteiger partial charge in [0.25, 0.3) is 0 Å². The SMILES string of the molecule is CC(OCCN)(OCCN)c1ccc(C(=O)O)cc1. The van der Waals surface area contributed by atoms with Gasteiger partial charge in [0.2, 0.25) is 0 Å². The highest BCUT2D eigenvalue weighted by atomic mass is 16.7. The number of carboxylic acids is 1. The van der Waals surface area contributed by atoms with Gasteiger partial charge < -0.3 is 26.0 Å².